The van der Waals surface area contributed by atoms with Crippen LogP contribution in [0.4, 0.5) is 5.69 Å². The predicted molar refractivity (Wildman–Crippen MR) is 62.1 cm³/mol. The van der Waals surface area contributed by atoms with E-state index < -0.39 is 0 Å². The lowest BCUT2D eigenvalue weighted by Gasteiger charge is -2.10. The third-order valence-electron chi connectivity index (χ3n) is 2.62. The van der Waals surface area contributed by atoms with Crippen molar-refractivity contribution in [2.75, 3.05) is 25.3 Å². The van der Waals surface area contributed by atoms with Crippen molar-refractivity contribution in [2.24, 2.45) is 0 Å². The summed E-state index contributed by atoms with van der Waals surface area (Å²) in [5.74, 6) is 1.62. The Morgan fingerprint density at radius 1 is 1.25 bits per heavy atom. The molecule has 88 valence electrons. The Kier molecular flexibility index (Phi) is 3.51. The number of aliphatic hydroxyl groups excluding tert-OH is 1. The average Bonchev–Trinajstić information content (AvgIpc) is 2.71. The third-order valence-corrected chi connectivity index (χ3v) is 2.62. The summed E-state index contributed by atoms with van der Waals surface area (Å²) in [4.78, 5) is 0. The Hall–Kier alpha value is -1.42. The molecule has 1 aromatic rings. The van der Waals surface area contributed by atoms with E-state index in [1.54, 1.807) is 0 Å². The summed E-state index contributed by atoms with van der Waals surface area (Å²) in [6.45, 7) is 3.46. The predicted octanol–water partition coefficient (Wildman–Crippen LogP) is 1.91. The molecule has 0 amide bonds. The van der Waals surface area contributed by atoms with Crippen molar-refractivity contribution in [1.29, 1.82) is 0 Å². The quantitative estimate of drug-likeness (QED) is 0.749. The zero-order chi connectivity index (χ0) is 11.4. The first-order chi connectivity index (χ1) is 7.81. The fourth-order valence-electron chi connectivity index (χ4n) is 1.69. The molecule has 1 aliphatic rings. The largest absolute Gasteiger partial charge is 0.454 e. The van der Waals surface area contributed by atoms with E-state index in [0.29, 0.717) is 6.79 Å². The molecule has 2 rings (SSSR count). The number of fused-ring (bicyclic) bond motifs is 1. The summed E-state index contributed by atoms with van der Waals surface area (Å²) in [5.41, 5.74) is 2.22. The summed E-state index contributed by atoms with van der Waals surface area (Å²) in [5, 5.41) is 12.0. The fraction of sp³-hybridized carbons (Fsp3) is 0.500. The molecule has 0 saturated carbocycles. The van der Waals surface area contributed by atoms with E-state index in [1.807, 2.05) is 19.1 Å². The van der Waals surface area contributed by atoms with Crippen LogP contribution in [0.1, 0.15) is 18.4 Å². The number of aryl methyl sites for hydroxylation is 1. The van der Waals surface area contributed by atoms with E-state index in [4.69, 9.17) is 14.6 Å². The molecular formula is C12H17NO3. The minimum atomic E-state index is 0.252. The van der Waals surface area contributed by atoms with Crippen LogP contribution in [-0.4, -0.2) is 25.1 Å². The second-order valence-corrected chi connectivity index (χ2v) is 3.88. The number of ether oxygens (including phenoxy) is 2. The molecule has 0 bridgehead atoms. The van der Waals surface area contributed by atoms with Gasteiger partial charge in [-0.3, -0.25) is 0 Å². The van der Waals surface area contributed by atoms with Gasteiger partial charge in [0.15, 0.2) is 11.5 Å². The molecule has 0 atom stereocenters. The van der Waals surface area contributed by atoms with Crippen molar-refractivity contribution in [3.8, 4) is 11.5 Å². The molecule has 1 heterocycles. The second-order valence-electron chi connectivity index (χ2n) is 3.88. The summed E-state index contributed by atoms with van der Waals surface area (Å²) in [7, 11) is 0. The zero-order valence-electron chi connectivity index (χ0n) is 9.45. The Bertz CT molecular complexity index is 366. The highest BCUT2D eigenvalue weighted by Gasteiger charge is 2.15. The number of hydrogen-bond donors (Lipinski definition) is 2. The number of rotatable bonds is 5. The smallest absolute Gasteiger partial charge is 0.231 e. The first-order valence-electron chi connectivity index (χ1n) is 5.56. The van der Waals surface area contributed by atoms with Gasteiger partial charge in [0.05, 0.1) is 0 Å². The molecule has 0 spiro atoms. The van der Waals surface area contributed by atoms with Crippen molar-refractivity contribution in [3.05, 3.63) is 17.7 Å². The van der Waals surface area contributed by atoms with Crippen LogP contribution in [0.3, 0.4) is 0 Å². The van der Waals surface area contributed by atoms with Gasteiger partial charge in [-0.1, -0.05) is 0 Å². The third kappa shape index (κ3) is 2.39. The maximum atomic E-state index is 8.68. The standard InChI is InChI=1S/C12H17NO3/c1-9-6-11-12(16-8-15-11)7-10(9)13-4-2-3-5-14/h6-7,13-14H,2-5,8H2,1H3. The van der Waals surface area contributed by atoms with Crippen LogP contribution in [0, 0.1) is 6.92 Å². The van der Waals surface area contributed by atoms with Crippen molar-refractivity contribution in [1.82, 2.24) is 0 Å². The van der Waals surface area contributed by atoms with Crippen LogP contribution in [0.15, 0.2) is 12.1 Å². The second kappa shape index (κ2) is 5.07. The van der Waals surface area contributed by atoms with Gasteiger partial charge in [-0.2, -0.15) is 0 Å². The lowest BCUT2D eigenvalue weighted by atomic mass is 10.1. The van der Waals surface area contributed by atoms with E-state index in [1.165, 1.54) is 0 Å². The number of anilines is 1. The van der Waals surface area contributed by atoms with Crippen LogP contribution in [0.2, 0.25) is 0 Å². The monoisotopic (exact) mass is 223 g/mol. The molecule has 0 aliphatic carbocycles. The highest BCUT2D eigenvalue weighted by Crippen LogP contribution is 2.36. The molecule has 0 fully saturated rings. The maximum absolute atomic E-state index is 8.68. The molecule has 1 aliphatic heterocycles. The maximum Gasteiger partial charge on any atom is 0.231 e. The van der Waals surface area contributed by atoms with Crippen LogP contribution >= 0.6 is 0 Å². The molecule has 1 aromatic carbocycles. The van der Waals surface area contributed by atoms with Crippen molar-refractivity contribution in [2.45, 2.75) is 19.8 Å². The van der Waals surface area contributed by atoms with Gasteiger partial charge < -0.3 is 19.9 Å². The minimum Gasteiger partial charge on any atom is -0.454 e. The lowest BCUT2D eigenvalue weighted by Crippen LogP contribution is -2.03. The topological polar surface area (TPSA) is 50.7 Å². The van der Waals surface area contributed by atoms with E-state index in [-0.39, 0.29) is 6.61 Å². The van der Waals surface area contributed by atoms with Gasteiger partial charge in [0.1, 0.15) is 0 Å². The zero-order valence-corrected chi connectivity index (χ0v) is 9.45. The van der Waals surface area contributed by atoms with Gasteiger partial charge in [-0.05, 0) is 31.4 Å². The summed E-state index contributed by atoms with van der Waals surface area (Å²) < 4.78 is 10.6. The first-order valence-corrected chi connectivity index (χ1v) is 5.56. The Labute approximate surface area is 95.2 Å². The van der Waals surface area contributed by atoms with Crippen LogP contribution in [0.25, 0.3) is 0 Å². The normalized spacial score (nSPS) is 12.9. The molecule has 16 heavy (non-hydrogen) atoms. The van der Waals surface area contributed by atoms with Crippen LogP contribution < -0.4 is 14.8 Å². The molecule has 4 heteroatoms. The van der Waals surface area contributed by atoms with Gasteiger partial charge in [0.2, 0.25) is 6.79 Å². The van der Waals surface area contributed by atoms with E-state index >= 15 is 0 Å². The molecule has 0 saturated heterocycles. The van der Waals surface area contributed by atoms with E-state index in [2.05, 4.69) is 5.32 Å². The summed E-state index contributed by atoms with van der Waals surface area (Å²) in [6.07, 6.45) is 1.79. The van der Waals surface area contributed by atoms with Crippen molar-refractivity contribution < 1.29 is 14.6 Å². The van der Waals surface area contributed by atoms with Crippen LogP contribution in [0.5, 0.6) is 11.5 Å². The molecule has 4 nitrogen and oxygen atoms in total. The number of nitrogens with one attached hydrogen (secondary N) is 1. The van der Waals surface area contributed by atoms with E-state index in [9.17, 15) is 0 Å². The summed E-state index contributed by atoms with van der Waals surface area (Å²) in [6, 6.07) is 3.95. The number of aliphatic hydroxyl groups is 1. The Balaban J connectivity index is 1.98. The molecule has 2 N–H and O–H groups in total. The molecule has 0 unspecified atom stereocenters. The minimum absolute atomic E-state index is 0.252. The first kappa shape index (κ1) is 11.1. The SMILES string of the molecule is Cc1cc2c(cc1NCCCCO)OCO2. The number of unbranched alkanes of at least 4 members (excludes halogenated alkanes) is 1. The van der Waals surface area contributed by atoms with Gasteiger partial charge in [0, 0.05) is 24.9 Å². The molecule has 0 radical (unpaired) electrons. The van der Waals surface area contributed by atoms with Gasteiger partial charge in [0.25, 0.3) is 0 Å². The molecule has 0 aromatic heterocycles. The van der Waals surface area contributed by atoms with Gasteiger partial charge in [-0.15, -0.1) is 0 Å². The number of hydrogen-bond acceptors (Lipinski definition) is 4. The Morgan fingerprint density at radius 2 is 2.00 bits per heavy atom. The highest BCUT2D eigenvalue weighted by molar-refractivity contribution is 5.60. The summed E-state index contributed by atoms with van der Waals surface area (Å²) >= 11 is 0. The van der Waals surface area contributed by atoms with Crippen LogP contribution in [-0.2, 0) is 0 Å². The lowest BCUT2D eigenvalue weighted by molar-refractivity contribution is 0.174. The average molecular weight is 223 g/mol. The van der Waals surface area contributed by atoms with Crippen molar-refractivity contribution >= 4 is 5.69 Å². The molecular weight excluding hydrogens is 206 g/mol. The highest BCUT2D eigenvalue weighted by atomic mass is 16.7. The van der Waals surface area contributed by atoms with Crippen molar-refractivity contribution in [3.63, 3.8) is 0 Å². The Morgan fingerprint density at radius 3 is 2.75 bits per heavy atom. The fourth-order valence-corrected chi connectivity index (χ4v) is 1.69. The van der Waals surface area contributed by atoms with Gasteiger partial charge >= 0.3 is 0 Å². The van der Waals surface area contributed by atoms with Gasteiger partial charge in [-0.25, -0.2) is 0 Å². The van der Waals surface area contributed by atoms with E-state index in [0.717, 1.165) is 42.1 Å². The number of benzene rings is 1.